The summed E-state index contributed by atoms with van der Waals surface area (Å²) in [6.45, 7) is 4.51. The zero-order valence-corrected chi connectivity index (χ0v) is 14.8. The minimum Gasteiger partial charge on any atom is -0.352 e. The molecule has 25 heavy (non-hydrogen) atoms. The van der Waals surface area contributed by atoms with Crippen molar-refractivity contribution in [1.29, 1.82) is 0 Å². The molecule has 1 atom stereocenters. The molecule has 2 aromatic rings. The molecule has 0 saturated heterocycles. The maximum absolute atomic E-state index is 12.7. The van der Waals surface area contributed by atoms with E-state index in [1.807, 2.05) is 13.1 Å². The van der Waals surface area contributed by atoms with Crippen LogP contribution in [0, 0.1) is 12.8 Å². The van der Waals surface area contributed by atoms with Crippen LogP contribution < -0.4 is 10.6 Å². The van der Waals surface area contributed by atoms with Gasteiger partial charge in [0.2, 0.25) is 5.91 Å². The fourth-order valence-corrected chi connectivity index (χ4v) is 4.12. The number of amides is 1. The zero-order chi connectivity index (χ0) is 17.2. The Morgan fingerprint density at radius 2 is 2.08 bits per heavy atom. The largest absolute Gasteiger partial charge is 0.352 e. The van der Waals surface area contributed by atoms with Crippen molar-refractivity contribution in [1.82, 2.24) is 15.6 Å². The molecule has 4 rings (SSSR count). The van der Waals surface area contributed by atoms with E-state index in [-0.39, 0.29) is 11.8 Å². The predicted molar refractivity (Wildman–Crippen MR) is 98.2 cm³/mol. The molecule has 4 nitrogen and oxygen atoms in total. The second kappa shape index (κ2) is 6.96. The van der Waals surface area contributed by atoms with Crippen LogP contribution in [0.3, 0.4) is 0 Å². The van der Waals surface area contributed by atoms with E-state index in [9.17, 15) is 4.79 Å². The Labute approximate surface area is 149 Å². The van der Waals surface area contributed by atoms with Crippen molar-refractivity contribution in [2.24, 2.45) is 5.92 Å². The van der Waals surface area contributed by atoms with Crippen molar-refractivity contribution < 1.29 is 4.79 Å². The first-order valence-electron chi connectivity index (χ1n) is 9.24. The predicted octanol–water partition coefficient (Wildman–Crippen LogP) is 2.46. The number of rotatable bonds is 3. The van der Waals surface area contributed by atoms with E-state index in [1.165, 1.54) is 27.8 Å². The number of aromatic nitrogens is 1. The van der Waals surface area contributed by atoms with Crippen LogP contribution in [0.1, 0.15) is 39.9 Å². The molecular formula is C21H25N3O. The summed E-state index contributed by atoms with van der Waals surface area (Å²) >= 11 is 0. The Hall–Kier alpha value is -2.20. The number of aryl methyl sites for hydroxylation is 2. The Bertz CT molecular complexity index is 800. The third kappa shape index (κ3) is 3.31. The average molecular weight is 335 g/mol. The molecule has 1 aromatic heterocycles. The lowest BCUT2D eigenvalue weighted by Gasteiger charge is -2.25. The molecular weight excluding hydrogens is 310 g/mol. The highest BCUT2D eigenvalue weighted by Gasteiger charge is 2.25. The Morgan fingerprint density at radius 3 is 2.96 bits per heavy atom. The molecule has 0 bridgehead atoms. The summed E-state index contributed by atoms with van der Waals surface area (Å²) in [5, 5.41) is 6.58. The van der Waals surface area contributed by atoms with Crippen LogP contribution in [0.4, 0.5) is 0 Å². The summed E-state index contributed by atoms with van der Waals surface area (Å²) in [6, 6.07) is 8.49. The molecule has 1 aliphatic heterocycles. The first-order valence-corrected chi connectivity index (χ1v) is 9.24. The van der Waals surface area contributed by atoms with E-state index >= 15 is 0 Å². The van der Waals surface area contributed by atoms with Gasteiger partial charge in [0.05, 0.1) is 0 Å². The van der Waals surface area contributed by atoms with Crippen molar-refractivity contribution in [2.45, 2.75) is 45.7 Å². The number of benzene rings is 1. The second-order valence-corrected chi connectivity index (χ2v) is 7.18. The van der Waals surface area contributed by atoms with Gasteiger partial charge in [-0.3, -0.25) is 9.78 Å². The van der Waals surface area contributed by atoms with Crippen molar-refractivity contribution in [3.8, 4) is 0 Å². The zero-order valence-electron chi connectivity index (χ0n) is 14.8. The maximum Gasteiger partial charge on any atom is 0.223 e. The summed E-state index contributed by atoms with van der Waals surface area (Å²) in [5.74, 6) is 0.268. The van der Waals surface area contributed by atoms with Crippen molar-refractivity contribution in [3.05, 3.63) is 64.0 Å². The number of hydrogen-bond donors (Lipinski definition) is 2. The molecule has 1 aromatic carbocycles. The molecule has 0 saturated carbocycles. The van der Waals surface area contributed by atoms with Crippen LogP contribution in [-0.4, -0.2) is 17.4 Å². The highest BCUT2D eigenvalue weighted by atomic mass is 16.1. The van der Waals surface area contributed by atoms with Gasteiger partial charge in [-0.2, -0.15) is 0 Å². The second-order valence-electron chi connectivity index (χ2n) is 7.18. The molecule has 0 unspecified atom stereocenters. The van der Waals surface area contributed by atoms with Gasteiger partial charge in [-0.25, -0.2) is 0 Å². The molecule has 2 aliphatic rings. The Morgan fingerprint density at radius 1 is 1.24 bits per heavy atom. The van der Waals surface area contributed by atoms with E-state index in [1.54, 1.807) is 0 Å². The SMILES string of the molecule is Cc1ncc2c(c1CNC(=O)[C@H]1CCc3ccccc3C1)CCNC2. The van der Waals surface area contributed by atoms with Crippen LogP contribution in [-0.2, 0) is 37.1 Å². The van der Waals surface area contributed by atoms with E-state index in [4.69, 9.17) is 0 Å². The normalized spacial score (nSPS) is 19.0. The lowest BCUT2D eigenvalue weighted by Crippen LogP contribution is -2.35. The van der Waals surface area contributed by atoms with E-state index in [0.29, 0.717) is 6.54 Å². The standard InChI is InChI=1S/C21H25N3O/c1-14-20(19-8-9-22-11-18(19)12-23-14)13-24-21(25)17-7-6-15-4-2-3-5-16(15)10-17/h2-5,12,17,22H,6-11,13H2,1H3,(H,24,25)/t17-/m0/s1. The quantitative estimate of drug-likeness (QED) is 0.906. The fraction of sp³-hybridized carbons (Fsp3) is 0.429. The molecule has 130 valence electrons. The van der Waals surface area contributed by atoms with Gasteiger partial charge in [0.15, 0.2) is 0 Å². The van der Waals surface area contributed by atoms with Crippen molar-refractivity contribution in [2.75, 3.05) is 6.54 Å². The number of nitrogens with one attached hydrogen (secondary N) is 2. The molecule has 0 spiro atoms. The van der Waals surface area contributed by atoms with Crippen LogP contribution in [0.2, 0.25) is 0 Å². The van der Waals surface area contributed by atoms with Gasteiger partial charge in [0.1, 0.15) is 0 Å². The molecule has 0 fully saturated rings. The van der Waals surface area contributed by atoms with Crippen molar-refractivity contribution >= 4 is 5.91 Å². The Kier molecular flexibility index (Phi) is 4.53. The van der Waals surface area contributed by atoms with E-state index in [2.05, 4.69) is 39.9 Å². The molecule has 1 amide bonds. The van der Waals surface area contributed by atoms with Gasteiger partial charge in [0, 0.05) is 30.9 Å². The van der Waals surface area contributed by atoms with Crippen molar-refractivity contribution in [3.63, 3.8) is 0 Å². The minimum absolute atomic E-state index is 0.0874. The van der Waals surface area contributed by atoms with Gasteiger partial charge in [0.25, 0.3) is 0 Å². The van der Waals surface area contributed by atoms with Crippen LogP contribution >= 0.6 is 0 Å². The van der Waals surface area contributed by atoms with Crippen LogP contribution in [0.5, 0.6) is 0 Å². The number of carbonyl (C=O) groups is 1. The lowest BCUT2D eigenvalue weighted by molar-refractivity contribution is -0.125. The number of fused-ring (bicyclic) bond motifs is 2. The highest BCUT2D eigenvalue weighted by molar-refractivity contribution is 5.79. The van der Waals surface area contributed by atoms with E-state index in [0.717, 1.165) is 44.5 Å². The Balaban J connectivity index is 1.45. The third-order valence-electron chi connectivity index (χ3n) is 5.63. The summed E-state index contributed by atoms with van der Waals surface area (Å²) in [5.41, 5.74) is 7.62. The third-order valence-corrected chi connectivity index (χ3v) is 5.63. The molecule has 0 radical (unpaired) electrons. The van der Waals surface area contributed by atoms with Gasteiger partial charge >= 0.3 is 0 Å². The molecule has 4 heteroatoms. The molecule has 2 N–H and O–H groups in total. The first-order chi connectivity index (χ1) is 12.2. The van der Waals surface area contributed by atoms with Gasteiger partial charge in [-0.05, 0) is 67.0 Å². The number of carbonyl (C=O) groups excluding carboxylic acids is 1. The highest BCUT2D eigenvalue weighted by Crippen LogP contribution is 2.26. The maximum atomic E-state index is 12.7. The fourth-order valence-electron chi connectivity index (χ4n) is 4.12. The smallest absolute Gasteiger partial charge is 0.223 e. The lowest BCUT2D eigenvalue weighted by atomic mass is 9.83. The number of pyridine rings is 1. The van der Waals surface area contributed by atoms with Gasteiger partial charge in [-0.1, -0.05) is 24.3 Å². The monoisotopic (exact) mass is 335 g/mol. The van der Waals surface area contributed by atoms with E-state index < -0.39 is 0 Å². The van der Waals surface area contributed by atoms with Gasteiger partial charge < -0.3 is 10.6 Å². The summed E-state index contributed by atoms with van der Waals surface area (Å²) in [7, 11) is 0. The molecule has 1 aliphatic carbocycles. The minimum atomic E-state index is 0.0874. The first kappa shape index (κ1) is 16.3. The summed E-state index contributed by atoms with van der Waals surface area (Å²) in [4.78, 5) is 17.2. The van der Waals surface area contributed by atoms with Crippen LogP contribution in [0.15, 0.2) is 30.5 Å². The average Bonchev–Trinajstić information content (AvgIpc) is 2.66. The summed E-state index contributed by atoms with van der Waals surface area (Å²) < 4.78 is 0. The molecule has 2 heterocycles. The topological polar surface area (TPSA) is 54.0 Å². The number of nitrogens with zero attached hydrogens (tertiary/aromatic N) is 1. The summed E-state index contributed by atoms with van der Waals surface area (Å²) in [6.07, 6.45) is 5.79. The van der Waals surface area contributed by atoms with Gasteiger partial charge in [-0.15, -0.1) is 0 Å². The number of hydrogen-bond acceptors (Lipinski definition) is 3. The van der Waals surface area contributed by atoms with Crippen LogP contribution in [0.25, 0.3) is 0 Å².